The zero-order chi connectivity index (χ0) is 22.7. The van der Waals surface area contributed by atoms with Gasteiger partial charge in [0.15, 0.2) is 6.10 Å². The summed E-state index contributed by atoms with van der Waals surface area (Å²) in [7, 11) is 0. The summed E-state index contributed by atoms with van der Waals surface area (Å²) in [5, 5.41) is 7.63. The topological polar surface area (TPSA) is 76.5 Å². The van der Waals surface area contributed by atoms with Crippen molar-refractivity contribution < 1.29 is 14.3 Å². The maximum atomic E-state index is 12.6. The Morgan fingerprint density at radius 2 is 1.81 bits per heavy atom. The lowest BCUT2D eigenvalue weighted by molar-refractivity contribution is -0.125. The number of nitrogens with one attached hydrogen (secondary N) is 1. The van der Waals surface area contributed by atoms with Gasteiger partial charge in [0.25, 0.3) is 5.91 Å². The molecule has 1 aliphatic rings. The molecule has 2 amide bonds. The van der Waals surface area contributed by atoms with Crippen molar-refractivity contribution in [2.24, 2.45) is 0 Å². The Labute approximate surface area is 188 Å². The number of aromatic nitrogens is 2. The maximum Gasteiger partial charge on any atom is 0.267 e. The highest BCUT2D eigenvalue weighted by Crippen LogP contribution is 2.33. The molecule has 4 rings (SSSR count). The van der Waals surface area contributed by atoms with Crippen LogP contribution in [-0.4, -0.2) is 34.2 Å². The van der Waals surface area contributed by atoms with E-state index in [4.69, 9.17) is 4.74 Å². The number of amides is 2. The molecule has 32 heavy (non-hydrogen) atoms. The van der Waals surface area contributed by atoms with Gasteiger partial charge >= 0.3 is 0 Å². The number of hydrogen-bond acceptors (Lipinski definition) is 4. The number of benzene rings is 2. The van der Waals surface area contributed by atoms with Crippen molar-refractivity contribution in [1.29, 1.82) is 0 Å². The molecule has 1 atom stereocenters. The zero-order valence-electron chi connectivity index (χ0n) is 18.7. The number of aryl methyl sites for hydroxylation is 1. The van der Waals surface area contributed by atoms with Crippen LogP contribution in [-0.2, 0) is 22.7 Å². The Kier molecular flexibility index (Phi) is 6.25. The summed E-state index contributed by atoms with van der Waals surface area (Å²) in [6.07, 6.45) is -0.350. The van der Waals surface area contributed by atoms with E-state index in [2.05, 4.69) is 22.5 Å². The van der Waals surface area contributed by atoms with Crippen LogP contribution in [0.5, 0.6) is 5.75 Å². The van der Waals surface area contributed by atoms with Gasteiger partial charge in [0, 0.05) is 30.8 Å². The zero-order valence-corrected chi connectivity index (χ0v) is 18.7. The Balaban J connectivity index is 1.36. The maximum absolute atomic E-state index is 12.6. The number of hydrogen-bond donors (Lipinski definition) is 1. The van der Waals surface area contributed by atoms with Crippen molar-refractivity contribution in [1.82, 2.24) is 15.1 Å². The largest absolute Gasteiger partial charge is 0.479 e. The normalized spacial score (nSPS) is 15.3. The van der Waals surface area contributed by atoms with Gasteiger partial charge in [-0.3, -0.25) is 14.3 Å². The van der Waals surface area contributed by atoms with Gasteiger partial charge in [0.05, 0.1) is 17.9 Å². The minimum absolute atomic E-state index is 0.107. The van der Waals surface area contributed by atoms with Crippen LogP contribution in [0.1, 0.15) is 35.9 Å². The average Bonchev–Trinajstić information content (AvgIpc) is 3.05. The third-order valence-electron chi connectivity index (χ3n) is 5.80. The SMILES string of the molecule is Cc1nn(Cc2ccccc2)c(C)c1CNC(=O)CCN1C(=O)C(C)Oc2ccccc21. The van der Waals surface area contributed by atoms with Crippen LogP contribution in [0.3, 0.4) is 0 Å². The van der Waals surface area contributed by atoms with Crippen LogP contribution >= 0.6 is 0 Å². The fourth-order valence-corrected chi connectivity index (χ4v) is 3.98. The molecule has 2 aromatic carbocycles. The molecule has 1 aliphatic heterocycles. The standard InChI is InChI=1S/C25H28N4O3/c1-17-21(18(2)29(27-17)16-20-9-5-4-6-10-20)15-26-24(30)13-14-28-22-11-7-8-12-23(22)32-19(3)25(28)31/h4-12,19H,13-16H2,1-3H3,(H,26,30). The van der Waals surface area contributed by atoms with E-state index in [1.807, 2.05) is 61.0 Å². The van der Waals surface area contributed by atoms with Crippen LogP contribution in [0.25, 0.3) is 0 Å². The molecular formula is C25H28N4O3. The van der Waals surface area contributed by atoms with Gasteiger partial charge in [-0.05, 0) is 38.5 Å². The van der Waals surface area contributed by atoms with Gasteiger partial charge in [-0.25, -0.2) is 0 Å². The Morgan fingerprint density at radius 3 is 2.59 bits per heavy atom. The molecule has 0 saturated heterocycles. The molecule has 3 aromatic rings. The van der Waals surface area contributed by atoms with E-state index in [1.165, 1.54) is 5.56 Å². The Morgan fingerprint density at radius 1 is 1.09 bits per heavy atom. The highest BCUT2D eigenvalue weighted by molar-refractivity contribution is 6.00. The molecule has 7 heteroatoms. The highest BCUT2D eigenvalue weighted by atomic mass is 16.5. The number of anilines is 1. The molecular weight excluding hydrogens is 404 g/mol. The van der Waals surface area contributed by atoms with Gasteiger partial charge in [-0.1, -0.05) is 42.5 Å². The van der Waals surface area contributed by atoms with Crippen molar-refractivity contribution in [3.8, 4) is 5.75 Å². The smallest absolute Gasteiger partial charge is 0.267 e. The Hall–Kier alpha value is -3.61. The molecule has 0 saturated carbocycles. The molecule has 0 bridgehead atoms. The molecule has 0 fully saturated rings. The summed E-state index contributed by atoms with van der Waals surface area (Å²) in [5.41, 5.74) is 4.86. The minimum Gasteiger partial charge on any atom is -0.479 e. The van der Waals surface area contributed by atoms with Gasteiger partial charge < -0.3 is 15.0 Å². The first kappa shape index (κ1) is 21.6. The molecule has 1 N–H and O–H groups in total. The monoisotopic (exact) mass is 432 g/mol. The molecule has 1 unspecified atom stereocenters. The number of carbonyl (C=O) groups is 2. The van der Waals surface area contributed by atoms with E-state index in [1.54, 1.807) is 11.8 Å². The number of para-hydroxylation sites is 2. The average molecular weight is 433 g/mol. The first-order valence-electron chi connectivity index (χ1n) is 10.8. The fourth-order valence-electron chi connectivity index (χ4n) is 3.98. The van der Waals surface area contributed by atoms with Crippen molar-refractivity contribution in [3.63, 3.8) is 0 Å². The predicted molar refractivity (Wildman–Crippen MR) is 123 cm³/mol. The summed E-state index contributed by atoms with van der Waals surface area (Å²) in [6, 6.07) is 17.6. The van der Waals surface area contributed by atoms with Crippen molar-refractivity contribution in [3.05, 3.63) is 77.1 Å². The van der Waals surface area contributed by atoms with Crippen LogP contribution in [0.4, 0.5) is 5.69 Å². The van der Waals surface area contributed by atoms with E-state index in [-0.39, 0.29) is 18.2 Å². The van der Waals surface area contributed by atoms with Crippen molar-refractivity contribution >= 4 is 17.5 Å². The van der Waals surface area contributed by atoms with E-state index >= 15 is 0 Å². The number of nitrogens with zero attached hydrogens (tertiary/aromatic N) is 3. The van der Waals surface area contributed by atoms with Gasteiger partial charge in [-0.15, -0.1) is 0 Å². The summed E-state index contributed by atoms with van der Waals surface area (Å²) in [5.74, 6) is 0.423. The molecule has 0 aliphatic carbocycles. The summed E-state index contributed by atoms with van der Waals surface area (Å²) >= 11 is 0. The lowest BCUT2D eigenvalue weighted by Gasteiger charge is -2.32. The number of fused-ring (bicyclic) bond motifs is 1. The lowest BCUT2D eigenvalue weighted by atomic mass is 10.1. The van der Waals surface area contributed by atoms with Crippen LogP contribution in [0.15, 0.2) is 54.6 Å². The van der Waals surface area contributed by atoms with Crippen LogP contribution < -0.4 is 15.0 Å². The molecule has 7 nitrogen and oxygen atoms in total. The van der Waals surface area contributed by atoms with Gasteiger partial charge in [0.2, 0.25) is 5.91 Å². The molecule has 1 aromatic heterocycles. The number of rotatable bonds is 7. The van der Waals surface area contributed by atoms with E-state index in [0.717, 1.165) is 17.0 Å². The van der Waals surface area contributed by atoms with Crippen LogP contribution in [0, 0.1) is 13.8 Å². The Bertz CT molecular complexity index is 1120. The molecule has 0 spiro atoms. The summed E-state index contributed by atoms with van der Waals surface area (Å²) < 4.78 is 7.63. The first-order chi connectivity index (χ1) is 15.4. The second-order valence-electron chi connectivity index (χ2n) is 8.04. The predicted octanol–water partition coefficient (Wildman–Crippen LogP) is 3.37. The molecule has 0 radical (unpaired) electrons. The van der Waals surface area contributed by atoms with E-state index in [0.29, 0.717) is 31.1 Å². The van der Waals surface area contributed by atoms with E-state index < -0.39 is 6.10 Å². The third kappa shape index (κ3) is 4.51. The second kappa shape index (κ2) is 9.26. The summed E-state index contributed by atoms with van der Waals surface area (Å²) in [6.45, 7) is 7.12. The van der Waals surface area contributed by atoms with Crippen molar-refractivity contribution in [2.75, 3.05) is 11.4 Å². The van der Waals surface area contributed by atoms with Crippen molar-refractivity contribution in [2.45, 2.75) is 46.4 Å². The second-order valence-corrected chi connectivity index (χ2v) is 8.04. The first-order valence-corrected chi connectivity index (χ1v) is 10.8. The number of carbonyl (C=O) groups excluding carboxylic acids is 2. The highest BCUT2D eigenvalue weighted by Gasteiger charge is 2.31. The van der Waals surface area contributed by atoms with Crippen LogP contribution in [0.2, 0.25) is 0 Å². The lowest BCUT2D eigenvalue weighted by Crippen LogP contribution is -2.45. The van der Waals surface area contributed by atoms with Gasteiger partial charge in [-0.2, -0.15) is 5.10 Å². The minimum atomic E-state index is -0.561. The molecule has 2 heterocycles. The fraction of sp³-hybridized carbons (Fsp3) is 0.320. The molecule has 166 valence electrons. The summed E-state index contributed by atoms with van der Waals surface area (Å²) in [4.78, 5) is 26.8. The number of ether oxygens (including phenoxy) is 1. The third-order valence-corrected chi connectivity index (χ3v) is 5.80. The van der Waals surface area contributed by atoms with E-state index in [9.17, 15) is 9.59 Å². The van der Waals surface area contributed by atoms with Gasteiger partial charge in [0.1, 0.15) is 5.75 Å². The quantitative estimate of drug-likeness (QED) is 0.621.